The molecule has 0 aliphatic carbocycles. The third-order valence-corrected chi connectivity index (χ3v) is 4.84. The fraction of sp³-hybridized carbons (Fsp3) is 0.222. The van der Waals surface area contributed by atoms with Crippen LogP contribution in [0.3, 0.4) is 0 Å². The topological polar surface area (TPSA) is 80.2 Å². The van der Waals surface area contributed by atoms with E-state index in [0.717, 1.165) is 0 Å². The smallest absolute Gasteiger partial charge is 0.259 e. The zero-order chi connectivity index (χ0) is 18.6. The lowest BCUT2D eigenvalue weighted by atomic mass is 10.1. The molecule has 0 saturated carbocycles. The Morgan fingerprint density at radius 3 is 2.93 bits per heavy atom. The Balaban J connectivity index is 1.45. The number of carbonyl (C=O) groups excluding carboxylic acids is 1. The SMILES string of the molecule is O=C(Nc1nncs1)c1ccc(N2CCOC(c3ccccc3F)C2)nc1. The van der Waals surface area contributed by atoms with Crippen molar-refractivity contribution in [2.45, 2.75) is 6.10 Å². The van der Waals surface area contributed by atoms with E-state index in [9.17, 15) is 9.18 Å². The van der Waals surface area contributed by atoms with Gasteiger partial charge in [-0.3, -0.25) is 10.1 Å². The van der Waals surface area contributed by atoms with E-state index in [0.29, 0.717) is 41.8 Å². The number of morpholine rings is 1. The number of ether oxygens (including phenoxy) is 1. The minimum atomic E-state index is -0.359. The van der Waals surface area contributed by atoms with Gasteiger partial charge in [0.05, 0.1) is 12.2 Å². The van der Waals surface area contributed by atoms with E-state index in [4.69, 9.17) is 4.74 Å². The summed E-state index contributed by atoms with van der Waals surface area (Å²) in [6.07, 6.45) is 1.15. The van der Waals surface area contributed by atoms with Gasteiger partial charge in [-0.1, -0.05) is 29.5 Å². The molecule has 2 aromatic heterocycles. The van der Waals surface area contributed by atoms with Crippen molar-refractivity contribution < 1.29 is 13.9 Å². The quantitative estimate of drug-likeness (QED) is 0.744. The number of hydrogen-bond donors (Lipinski definition) is 1. The van der Waals surface area contributed by atoms with Crippen LogP contribution >= 0.6 is 11.3 Å². The zero-order valence-electron chi connectivity index (χ0n) is 14.2. The molecule has 1 aromatic carbocycles. The Morgan fingerprint density at radius 2 is 2.19 bits per heavy atom. The maximum Gasteiger partial charge on any atom is 0.259 e. The Kier molecular flexibility index (Phi) is 5.03. The highest BCUT2D eigenvalue weighted by atomic mass is 32.1. The number of hydrogen-bond acceptors (Lipinski definition) is 7. The molecule has 0 spiro atoms. The molecule has 4 rings (SSSR count). The second-order valence-corrected chi connectivity index (χ2v) is 6.76. The van der Waals surface area contributed by atoms with Crippen LogP contribution in [0, 0.1) is 5.82 Å². The summed E-state index contributed by atoms with van der Waals surface area (Å²) in [6.45, 7) is 1.61. The van der Waals surface area contributed by atoms with Gasteiger partial charge in [0.15, 0.2) is 0 Å². The standard InChI is InChI=1S/C18H16FN5O2S/c19-14-4-2-1-3-13(14)15-10-24(7-8-26-15)16-6-5-12(9-20-16)17(25)22-18-23-21-11-27-18/h1-6,9,11,15H,7-8,10H2,(H,22,23,25). The van der Waals surface area contributed by atoms with E-state index in [1.807, 2.05) is 4.90 Å². The number of benzene rings is 1. The maximum atomic E-state index is 14.0. The molecule has 3 heterocycles. The molecule has 9 heteroatoms. The van der Waals surface area contributed by atoms with Crippen molar-refractivity contribution in [1.29, 1.82) is 0 Å². The first-order chi connectivity index (χ1) is 13.2. The third-order valence-electron chi connectivity index (χ3n) is 4.23. The predicted octanol–water partition coefficient (Wildman–Crippen LogP) is 2.90. The van der Waals surface area contributed by atoms with Crippen molar-refractivity contribution in [3.8, 4) is 0 Å². The number of carbonyl (C=O) groups is 1. The molecule has 1 aliphatic rings. The van der Waals surface area contributed by atoms with E-state index in [1.54, 1.807) is 35.8 Å². The Morgan fingerprint density at radius 1 is 1.30 bits per heavy atom. The van der Waals surface area contributed by atoms with Gasteiger partial charge in [-0.05, 0) is 18.2 Å². The average Bonchev–Trinajstić information content (AvgIpc) is 3.21. The number of amides is 1. The summed E-state index contributed by atoms with van der Waals surface area (Å²) in [7, 11) is 0. The summed E-state index contributed by atoms with van der Waals surface area (Å²) in [5.41, 5.74) is 2.50. The highest BCUT2D eigenvalue weighted by Crippen LogP contribution is 2.27. The number of nitrogens with one attached hydrogen (secondary N) is 1. The number of aromatic nitrogens is 3. The van der Waals surface area contributed by atoms with Gasteiger partial charge in [0.25, 0.3) is 5.91 Å². The minimum absolute atomic E-state index is 0.277. The van der Waals surface area contributed by atoms with Crippen LogP contribution in [0.4, 0.5) is 15.3 Å². The lowest BCUT2D eigenvalue weighted by molar-refractivity contribution is 0.0372. The molecule has 1 N–H and O–H groups in total. The average molecular weight is 385 g/mol. The van der Waals surface area contributed by atoms with E-state index < -0.39 is 0 Å². The summed E-state index contributed by atoms with van der Waals surface area (Å²) in [6, 6.07) is 10.1. The molecule has 138 valence electrons. The van der Waals surface area contributed by atoms with Crippen LogP contribution in [0.5, 0.6) is 0 Å². The van der Waals surface area contributed by atoms with E-state index in [1.165, 1.54) is 23.6 Å². The van der Waals surface area contributed by atoms with Crippen molar-refractivity contribution in [3.63, 3.8) is 0 Å². The van der Waals surface area contributed by atoms with Crippen LogP contribution in [0.15, 0.2) is 48.1 Å². The first kappa shape index (κ1) is 17.5. The van der Waals surface area contributed by atoms with Crippen LogP contribution in [0.2, 0.25) is 0 Å². The minimum Gasteiger partial charge on any atom is -0.370 e. The summed E-state index contributed by atoms with van der Waals surface area (Å²) >= 11 is 1.24. The van der Waals surface area contributed by atoms with Gasteiger partial charge < -0.3 is 9.64 Å². The van der Waals surface area contributed by atoms with E-state index in [2.05, 4.69) is 20.5 Å². The lowest BCUT2D eigenvalue weighted by Crippen LogP contribution is -2.39. The fourth-order valence-corrected chi connectivity index (χ4v) is 3.33. The van der Waals surface area contributed by atoms with Gasteiger partial charge >= 0.3 is 0 Å². The monoisotopic (exact) mass is 385 g/mol. The van der Waals surface area contributed by atoms with E-state index in [-0.39, 0.29) is 17.8 Å². The van der Waals surface area contributed by atoms with Crippen LogP contribution in [0.1, 0.15) is 22.0 Å². The normalized spacial score (nSPS) is 16.9. The van der Waals surface area contributed by atoms with Crippen molar-refractivity contribution in [2.24, 2.45) is 0 Å². The van der Waals surface area contributed by atoms with Gasteiger partial charge in [-0.15, -0.1) is 10.2 Å². The summed E-state index contributed by atoms with van der Waals surface area (Å²) < 4.78 is 19.8. The molecule has 7 nitrogen and oxygen atoms in total. The molecule has 1 fully saturated rings. The fourth-order valence-electron chi connectivity index (χ4n) is 2.89. The summed E-state index contributed by atoms with van der Waals surface area (Å²) in [4.78, 5) is 18.6. The molecule has 1 unspecified atom stereocenters. The highest BCUT2D eigenvalue weighted by Gasteiger charge is 2.25. The van der Waals surface area contributed by atoms with Gasteiger partial charge in [0, 0.05) is 24.8 Å². The number of pyridine rings is 1. The Labute approximate surface area is 158 Å². The molecule has 0 radical (unpaired) electrons. The molecule has 27 heavy (non-hydrogen) atoms. The molecular weight excluding hydrogens is 369 g/mol. The predicted molar refractivity (Wildman–Crippen MR) is 99.4 cm³/mol. The van der Waals surface area contributed by atoms with Crippen molar-refractivity contribution in [2.75, 3.05) is 29.9 Å². The second kappa shape index (κ2) is 7.77. The second-order valence-electron chi connectivity index (χ2n) is 5.93. The third kappa shape index (κ3) is 3.93. The van der Waals surface area contributed by atoms with Gasteiger partial charge in [-0.2, -0.15) is 0 Å². The first-order valence-corrected chi connectivity index (χ1v) is 9.23. The number of anilines is 2. The number of halogens is 1. The highest BCUT2D eigenvalue weighted by molar-refractivity contribution is 7.13. The zero-order valence-corrected chi connectivity index (χ0v) is 15.0. The maximum absolute atomic E-state index is 14.0. The van der Waals surface area contributed by atoms with Crippen LogP contribution in [-0.2, 0) is 4.74 Å². The molecule has 3 aromatic rings. The summed E-state index contributed by atoms with van der Waals surface area (Å²) in [5, 5.41) is 10.6. The van der Waals surface area contributed by atoms with Crippen LogP contribution in [0.25, 0.3) is 0 Å². The van der Waals surface area contributed by atoms with Crippen LogP contribution in [-0.4, -0.2) is 40.8 Å². The molecular formula is C18H16FN5O2S. The van der Waals surface area contributed by atoms with Gasteiger partial charge in [-0.25, -0.2) is 9.37 Å². The van der Waals surface area contributed by atoms with E-state index >= 15 is 0 Å². The lowest BCUT2D eigenvalue weighted by Gasteiger charge is -2.34. The Hall–Kier alpha value is -2.91. The van der Waals surface area contributed by atoms with Crippen LogP contribution < -0.4 is 10.2 Å². The number of rotatable bonds is 4. The molecule has 1 atom stereocenters. The summed E-state index contributed by atoms with van der Waals surface area (Å²) in [5.74, 6) is 0.144. The largest absolute Gasteiger partial charge is 0.370 e. The van der Waals surface area contributed by atoms with Crippen molar-refractivity contribution in [1.82, 2.24) is 15.2 Å². The molecule has 1 amide bonds. The molecule has 1 aliphatic heterocycles. The number of nitrogens with zero attached hydrogens (tertiary/aromatic N) is 4. The first-order valence-electron chi connectivity index (χ1n) is 8.35. The van der Waals surface area contributed by atoms with Gasteiger partial charge in [0.2, 0.25) is 5.13 Å². The van der Waals surface area contributed by atoms with Crippen molar-refractivity contribution in [3.05, 3.63) is 65.0 Å². The molecule has 1 saturated heterocycles. The van der Waals surface area contributed by atoms with Crippen molar-refractivity contribution >= 4 is 28.2 Å². The molecule has 0 bridgehead atoms. The van der Waals surface area contributed by atoms with Gasteiger partial charge in [0.1, 0.15) is 23.2 Å². The Bertz CT molecular complexity index is 920.